The number of hydrogen-bond donors (Lipinski definition) is 0. The van der Waals surface area contributed by atoms with Crippen molar-refractivity contribution >= 4 is 34.4 Å². The fourth-order valence-corrected chi connectivity index (χ4v) is 2.16. The van der Waals surface area contributed by atoms with Crippen LogP contribution in [0.5, 0.6) is 0 Å². The van der Waals surface area contributed by atoms with Crippen molar-refractivity contribution in [3.63, 3.8) is 0 Å². The predicted octanol–water partition coefficient (Wildman–Crippen LogP) is 2.88. The van der Waals surface area contributed by atoms with Crippen LogP contribution < -0.4 is 0 Å². The first-order chi connectivity index (χ1) is 5.29. The third kappa shape index (κ3) is 1.88. The zero-order valence-corrected chi connectivity index (χ0v) is 8.94. The van der Waals surface area contributed by atoms with Crippen LogP contribution >= 0.6 is 34.4 Å². The van der Waals surface area contributed by atoms with Crippen LogP contribution in [0.25, 0.3) is 0 Å². The maximum Gasteiger partial charge on any atom is 0.101 e. The van der Waals surface area contributed by atoms with E-state index in [-0.39, 0.29) is 0 Å². The van der Waals surface area contributed by atoms with E-state index in [1.54, 1.807) is 11.8 Å². The van der Waals surface area contributed by atoms with Crippen molar-refractivity contribution in [1.82, 2.24) is 0 Å². The Kier molecular flexibility index (Phi) is 3.21. The molecule has 0 saturated heterocycles. The van der Waals surface area contributed by atoms with Gasteiger partial charge < -0.3 is 0 Å². The molecule has 0 atom stereocenters. The van der Waals surface area contributed by atoms with Crippen LogP contribution in [-0.2, 0) is 0 Å². The second kappa shape index (κ2) is 3.98. The molecule has 1 aromatic rings. The first-order valence-electron chi connectivity index (χ1n) is 3.02. The Hall–Kier alpha value is -0.210. The first-order valence-corrected chi connectivity index (χ1v) is 5.32. The minimum Gasteiger partial charge on any atom is -0.192 e. The van der Waals surface area contributed by atoms with Gasteiger partial charge in [-0.25, -0.2) is 0 Å². The van der Waals surface area contributed by atoms with Crippen molar-refractivity contribution in [3.05, 3.63) is 27.3 Å². The molecule has 0 aromatic heterocycles. The standard InChI is InChI=1S/C8H6INS/c1-11-8-4-2-3-7(9)6(8)5-10/h2-4H,1H3. The van der Waals surface area contributed by atoms with Crippen LogP contribution in [-0.4, -0.2) is 6.26 Å². The molecule has 0 fully saturated rings. The minimum absolute atomic E-state index is 0.792. The van der Waals surface area contributed by atoms with E-state index >= 15 is 0 Å². The van der Waals surface area contributed by atoms with Gasteiger partial charge in [0.1, 0.15) is 6.07 Å². The molecule has 0 bridgehead atoms. The number of rotatable bonds is 1. The molecule has 56 valence electrons. The fraction of sp³-hybridized carbons (Fsp3) is 0.125. The summed E-state index contributed by atoms with van der Waals surface area (Å²) in [6.07, 6.45) is 1.98. The maximum absolute atomic E-state index is 8.76. The zero-order valence-electron chi connectivity index (χ0n) is 5.97. The van der Waals surface area contributed by atoms with Crippen LogP contribution in [0, 0.1) is 14.9 Å². The Morgan fingerprint density at radius 2 is 2.27 bits per heavy atom. The van der Waals surface area contributed by atoms with Crippen molar-refractivity contribution in [2.24, 2.45) is 0 Å². The summed E-state index contributed by atoms with van der Waals surface area (Å²) >= 11 is 3.78. The van der Waals surface area contributed by atoms with Crippen LogP contribution in [0.1, 0.15) is 5.56 Å². The summed E-state index contributed by atoms with van der Waals surface area (Å²) in [5, 5.41) is 8.76. The summed E-state index contributed by atoms with van der Waals surface area (Å²) in [7, 11) is 0. The maximum atomic E-state index is 8.76. The highest BCUT2D eigenvalue weighted by Gasteiger charge is 2.02. The lowest BCUT2D eigenvalue weighted by Crippen LogP contribution is -1.83. The molecule has 0 amide bonds. The summed E-state index contributed by atoms with van der Waals surface area (Å²) < 4.78 is 1.02. The summed E-state index contributed by atoms with van der Waals surface area (Å²) in [5.74, 6) is 0. The molecule has 0 unspecified atom stereocenters. The quantitative estimate of drug-likeness (QED) is 0.581. The lowest BCUT2D eigenvalue weighted by molar-refractivity contribution is 1.35. The van der Waals surface area contributed by atoms with Crippen LogP contribution in [0.15, 0.2) is 23.1 Å². The van der Waals surface area contributed by atoms with Crippen LogP contribution in [0.3, 0.4) is 0 Å². The van der Waals surface area contributed by atoms with E-state index in [1.165, 1.54) is 0 Å². The summed E-state index contributed by atoms with van der Waals surface area (Å²) in [6, 6.07) is 8.06. The molecule has 0 aliphatic rings. The van der Waals surface area contributed by atoms with Gasteiger partial charge in [0, 0.05) is 8.47 Å². The second-order valence-electron chi connectivity index (χ2n) is 1.93. The van der Waals surface area contributed by atoms with Crippen molar-refractivity contribution in [2.75, 3.05) is 6.26 Å². The lowest BCUT2D eigenvalue weighted by atomic mass is 10.2. The molecule has 3 heteroatoms. The van der Waals surface area contributed by atoms with Gasteiger partial charge in [-0.05, 0) is 41.0 Å². The lowest BCUT2D eigenvalue weighted by Gasteiger charge is -1.99. The Morgan fingerprint density at radius 3 is 2.73 bits per heavy atom. The fourth-order valence-electron chi connectivity index (χ4n) is 0.783. The van der Waals surface area contributed by atoms with Crippen molar-refractivity contribution in [2.45, 2.75) is 4.90 Å². The normalized spacial score (nSPS) is 9.18. The van der Waals surface area contributed by atoms with E-state index in [9.17, 15) is 0 Å². The number of thioether (sulfide) groups is 1. The van der Waals surface area contributed by atoms with Gasteiger partial charge in [0.15, 0.2) is 0 Å². The third-order valence-electron chi connectivity index (χ3n) is 1.31. The highest BCUT2D eigenvalue weighted by molar-refractivity contribution is 14.1. The Morgan fingerprint density at radius 1 is 1.55 bits per heavy atom. The van der Waals surface area contributed by atoms with E-state index in [0.29, 0.717) is 0 Å². The average molecular weight is 275 g/mol. The van der Waals surface area contributed by atoms with E-state index in [2.05, 4.69) is 28.7 Å². The largest absolute Gasteiger partial charge is 0.192 e. The second-order valence-corrected chi connectivity index (χ2v) is 3.94. The van der Waals surface area contributed by atoms with Crippen molar-refractivity contribution in [3.8, 4) is 6.07 Å². The molecular formula is C8H6INS. The summed E-state index contributed by atoms with van der Waals surface area (Å²) in [4.78, 5) is 1.06. The molecular weight excluding hydrogens is 269 g/mol. The topological polar surface area (TPSA) is 23.8 Å². The predicted molar refractivity (Wildman–Crippen MR) is 55.7 cm³/mol. The van der Waals surface area contributed by atoms with Gasteiger partial charge in [0.05, 0.1) is 5.56 Å². The summed E-state index contributed by atoms with van der Waals surface area (Å²) in [5.41, 5.74) is 0.792. The van der Waals surface area contributed by atoms with Crippen LogP contribution in [0.4, 0.5) is 0 Å². The van der Waals surface area contributed by atoms with Gasteiger partial charge in [0.25, 0.3) is 0 Å². The third-order valence-corrected chi connectivity index (χ3v) is 2.99. The van der Waals surface area contributed by atoms with Gasteiger partial charge >= 0.3 is 0 Å². The minimum atomic E-state index is 0.792. The molecule has 0 heterocycles. The Labute approximate surface area is 83.9 Å². The van der Waals surface area contributed by atoms with Crippen molar-refractivity contribution in [1.29, 1.82) is 5.26 Å². The number of nitrogens with zero attached hydrogens (tertiary/aromatic N) is 1. The van der Waals surface area contributed by atoms with Crippen LogP contribution in [0.2, 0.25) is 0 Å². The molecule has 0 radical (unpaired) electrons. The van der Waals surface area contributed by atoms with Gasteiger partial charge in [-0.2, -0.15) is 5.26 Å². The van der Waals surface area contributed by atoms with E-state index in [1.807, 2.05) is 24.5 Å². The molecule has 0 N–H and O–H groups in total. The Balaban J connectivity index is 3.27. The molecule has 1 rings (SSSR count). The van der Waals surface area contributed by atoms with Gasteiger partial charge in [-0.15, -0.1) is 11.8 Å². The molecule has 0 saturated carbocycles. The van der Waals surface area contributed by atoms with E-state index in [4.69, 9.17) is 5.26 Å². The van der Waals surface area contributed by atoms with E-state index in [0.717, 1.165) is 14.0 Å². The molecule has 0 aliphatic carbocycles. The molecule has 1 nitrogen and oxygen atoms in total. The van der Waals surface area contributed by atoms with Gasteiger partial charge in [-0.3, -0.25) is 0 Å². The highest BCUT2D eigenvalue weighted by Crippen LogP contribution is 2.23. The molecule has 11 heavy (non-hydrogen) atoms. The zero-order chi connectivity index (χ0) is 8.27. The Bertz CT molecular complexity index is 303. The van der Waals surface area contributed by atoms with Gasteiger partial charge in [-0.1, -0.05) is 6.07 Å². The summed E-state index contributed by atoms with van der Waals surface area (Å²) in [6.45, 7) is 0. The highest BCUT2D eigenvalue weighted by atomic mass is 127. The monoisotopic (exact) mass is 275 g/mol. The molecule has 1 aromatic carbocycles. The van der Waals surface area contributed by atoms with Gasteiger partial charge in [0.2, 0.25) is 0 Å². The molecule has 0 spiro atoms. The number of hydrogen-bond acceptors (Lipinski definition) is 2. The van der Waals surface area contributed by atoms with Crippen molar-refractivity contribution < 1.29 is 0 Å². The number of benzene rings is 1. The number of halogens is 1. The number of nitriles is 1. The SMILES string of the molecule is CSc1cccc(I)c1C#N. The molecule has 0 aliphatic heterocycles. The van der Waals surface area contributed by atoms with E-state index < -0.39 is 0 Å². The average Bonchev–Trinajstić information content (AvgIpc) is 2.04. The first kappa shape index (κ1) is 8.88. The smallest absolute Gasteiger partial charge is 0.101 e.